The van der Waals surface area contributed by atoms with Crippen LogP contribution in [0, 0.1) is 6.92 Å². The molecule has 0 saturated heterocycles. The largest absolute Gasteiger partial charge is 0.497 e. The number of fused-ring (bicyclic) bond motifs is 1. The van der Waals surface area contributed by atoms with Crippen LogP contribution in [-0.2, 0) is 16.6 Å². The second-order valence-corrected chi connectivity index (χ2v) is 7.63. The molecule has 3 rings (SSSR count). The number of H-pyrrole nitrogens is 1. The van der Waals surface area contributed by atoms with Crippen LogP contribution in [0.3, 0.4) is 0 Å². The summed E-state index contributed by atoms with van der Waals surface area (Å²) in [5.41, 5.74) is 4.67. The van der Waals surface area contributed by atoms with E-state index in [2.05, 4.69) is 9.97 Å². The molecule has 1 N–H and O–H groups in total. The van der Waals surface area contributed by atoms with Gasteiger partial charge >= 0.3 is 0 Å². The lowest BCUT2D eigenvalue weighted by Crippen LogP contribution is -2.14. The van der Waals surface area contributed by atoms with E-state index in [0.29, 0.717) is 10.9 Å². The minimum Gasteiger partial charge on any atom is -0.497 e. The minimum absolute atomic E-state index is 0.350. The molecule has 0 aliphatic carbocycles. The lowest BCUT2D eigenvalue weighted by atomic mass is 10.1. The molecule has 0 bridgehead atoms. The van der Waals surface area contributed by atoms with Crippen LogP contribution in [0.5, 0.6) is 11.5 Å². The lowest BCUT2D eigenvalue weighted by Gasteiger charge is -2.21. The third-order valence-corrected chi connectivity index (χ3v) is 5.40. The first-order valence-electron chi connectivity index (χ1n) is 8.20. The SMILES string of the molecule is COc1cc(C)c(N(C)C)c(CS(=O)c2nc3ccc(OC)cc3[nH]2)c1. The maximum atomic E-state index is 13.0. The molecule has 1 unspecified atom stereocenters. The number of aromatic amines is 1. The van der Waals surface area contributed by atoms with Crippen molar-refractivity contribution in [3.63, 3.8) is 0 Å². The first-order chi connectivity index (χ1) is 12.4. The number of nitrogens with zero attached hydrogens (tertiary/aromatic N) is 2. The van der Waals surface area contributed by atoms with Gasteiger partial charge in [0.1, 0.15) is 11.5 Å². The fourth-order valence-corrected chi connectivity index (χ4v) is 4.16. The van der Waals surface area contributed by atoms with Crippen molar-refractivity contribution in [1.82, 2.24) is 9.97 Å². The normalized spacial score (nSPS) is 12.2. The summed E-state index contributed by atoms with van der Waals surface area (Å²) in [4.78, 5) is 9.65. The number of aromatic nitrogens is 2. The summed E-state index contributed by atoms with van der Waals surface area (Å²) >= 11 is 0. The lowest BCUT2D eigenvalue weighted by molar-refractivity contribution is 0.414. The maximum Gasteiger partial charge on any atom is 0.197 e. The molecule has 0 spiro atoms. The number of hydrogen-bond acceptors (Lipinski definition) is 5. The molecular weight excluding hydrogens is 350 g/mol. The summed E-state index contributed by atoms with van der Waals surface area (Å²) in [6.45, 7) is 2.03. The Kier molecular flexibility index (Phi) is 5.18. The van der Waals surface area contributed by atoms with E-state index in [4.69, 9.17) is 9.47 Å². The van der Waals surface area contributed by atoms with Gasteiger partial charge in [-0.15, -0.1) is 0 Å². The highest BCUT2D eigenvalue weighted by Gasteiger charge is 2.17. The van der Waals surface area contributed by atoms with Gasteiger partial charge in [0.2, 0.25) is 0 Å². The van der Waals surface area contributed by atoms with Crippen molar-refractivity contribution in [3.05, 3.63) is 41.5 Å². The molecule has 1 aromatic heterocycles. The number of methoxy groups -OCH3 is 2. The van der Waals surface area contributed by atoms with Crippen molar-refractivity contribution in [1.29, 1.82) is 0 Å². The van der Waals surface area contributed by atoms with Gasteiger partial charge in [0.25, 0.3) is 0 Å². The summed E-state index contributed by atoms with van der Waals surface area (Å²) < 4.78 is 23.6. The van der Waals surface area contributed by atoms with Crippen LogP contribution in [0.2, 0.25) is 0 Å². The van der Waals surface area contributed by atoms with E-state index in [1.165, 1.54) is 0 Å². The van der Waals surface area contributed by atoms with Gasteiger partial charge in [0, 0.05) is 25.8 Å². The Hall–Kier alpha value is -2.54. The zero-order valence-corrected chi connectivity index (χ0v) is 16.4. The van der Waals surface area contributed by atoms with Crippen LogP contribution in [-0.4, -0.2) is 42.5 Å². The van der Waals surface area contributed by atoms with Crippen molar-refractivity contribution in [2.24, 2.45) is 0 Å². The first-order valence-corrected chi connectivity index (χ1v) is 9.51. The molecule has 1 heterocycles. The van der Waals surface area contributed by atoms with E-state index in [1.54, 1.807) is 14.2 Å². The molecule has 6 nitrogen and oxygen atoms in total. The van der Waals surface area contributed by atoms with E-state index < -0.39 is 10.8 Å². The fraction of sp³-hybridized carbons (Fsp3) is 0.316. The van der Waals surface area contributed by atoms with Gasteiger partial charge in [-0.3, -0.25) is 4.21 Å². The van der Waals surface area contributed by atoms with Crippen molar-refractivity contribution in [2.75, 3.05) is 33.2 Å². The molecular formula is C19H23N3O3S. The Bertz CT molecular complexity index is 966. The number of anilines is 1. The van der Waals surface area contributed by atoms with E-state index in [1.807, 2.05) is 56.3 Å². The Labute approximate surface area is 155 Å². The summed E-state index contributed by atoms with van der Waals surface area (Å²) in [5.74, 6) is 1.84. The van der Waals surface area contributed by atoms with Gasteiger partial charge in [-0.25, -0.2) is 4.98 Å². The van der Waals surface area contributed by atoms with Gasteiger partial charge in [-0.1, -0.05) is 0 Å². The summed E-state index contributed by atoms with van der Waals surface area (Å²) in [5, 5.41) is 0.457. The van der Waals surface area contributed by atoms with Crippen molar-refractivity contribution < 1.29 is 13.7 Å². The molecule has 26 heavy (non-hydrogen) atoms. The van der Waals surface area contributed by atoms with Crippen LogP contribution in [0.4, 0.5) is 5.69 Å². The third-order valence-electron chi connectivity index (χ3n) is 4.21. The Morgan fingerprint density at radius 2 is 1.85 bits per heavy atom. The predicted octanol–water partition coefficient (Wildman–Crippen LogP) is 3.26. The van der Waals surface area contributed by atoms with E-state index in [9.17, 15) is 4.21 Å². The molecule has 2 aromatic carbocycles. The fourth-order valence-electron chi connectivity index (χ4n) is 3.09. The molecule has 3 aromatic rings. The highest BCUT2D eigenvalue weighted by Crippen LogP contribution is 2.31. The van der Waals surface area contributed by atoms with E-state index in [-0.39, 0.29) is 0 Å². The first kappa shape index (κ1) is 18.3. The van der Waals surface area contributed by atoms with Crippen LogP contribution < -0.4 is 14.4 Å². The monoisotopic (exact) mass is 373 g/mol. The van der Waals surface area contributed by atoms with E-state index >= 15 is 0 Å². The number of rotatable bonds is 6. The summed E-state index contributed by atoms with van der Waals surface area (Å²) in [7, 11) is 5.90. The molecule has 0 amide bonds. The number of aryl methyl sites for hydroxylation is 1. The molecule has 0 saturated carbocycles. The second kappa shape index (κ2) is 7.37. The van der Waals surface area contributed by atoms with Crippen molar-refractivity contribution >= 4 is 27.5 Å². The second-order valence-electron chi connectivity index (χ2n) is 6.26. The van der Waals surface area contributed by atoms with Gasteiger partial charge in [-0.2, -0.15) is 0 Å². The average Bonchev–Trinajstić information content (AvgIpc) is 3.04. The number of ether oxygens (including phenoxy) is 2. The van der Waals surface area contributed by atoms with Crippen LogP contribution >= 0.6 is 0 Å². The standard InChI is InChI=1S/C19H23N3O3S/c1-12-8-15(25-5)9-13(18(12)22(2)3)11-26(23)19-20-16-7-6-14(24-4)10-17(16)21-19/h6-10H,11H2,1-5H3,(H,20,21). The number of imidazole rings is 1. The topological polar surface area (TPSA) is 67.4 Å². The highest BCUT2D eigenvalue weighted by atomic mass is 32.2. The van der Waals surface area contributed by atoms with Crippen molar-refractivity contribution in [2.45, 2.75) is 17.8 Å². The number of hydrogen-bond donors (Lipinski definition) is 1. The Morgan fingerprint density at radius 3 is 2.50 bits per heavy atom. The number of benzene rings is 2. The third kappa shape index (κ3) is 3.53. The smallest absolute Gasteiger partial charge is 0.197 e. The zero-order valence-electron chi connectivity index (χ0n) is 15.6. The Balaban J connectivity index is 1.96. The molecule has 138 valence electrons. The van der Waals surface area contributed by atoms with Crippen molar-refractivity contribution in [3.8, 4) is 11.5 Å². The summed E-state index contributed by atoms with van der Waals surface area (Å²) in [6.07, 6.45) is 0. The van der Waals surface area contributed by atoms with Crippen LogP contribution in [0.15, 0.2) is 35.5 Å². The van der Waals surface area contributed by atoms with Crippen LogP contribution in [0.25, 0.3) is 11.0 Å². The molecule has 0 aliphatic rings. The average molecular weight is 373 g/mol. The van der Waals surface area contributed by atoms with Gasteiger partial charge < -0.3 is 19.4 Å². The maximum absolute atomic E-state index is 13.0. The quantitative estimate of drug-likeness (QED) is 0.718. The molecule has 1 atom stereocenters. The number of nitrogens with one attached hydrogen (secondary N) is 1. The molecule has 0 aliphatic heterocycles. The Morgan fingerprint density at radius 1 is 1.12 bits per heavy atom. The zero-order chi connectivity index (χ0) is 18.8. The van der Waals surface area contributed by atoms with Gasteiger partial charge in [0.05, 0.1) is 41.8 Å². The van der Waals surface area contributed by atoms with Gasteiger partial charge in [-0.05, 0) is 42.3 Å². The highest BCUT2D eigenvalue weighted by molar-refractivity contribution is 7.84. The predicted molar refractivity (Wildman–Crippen MR) is 105 cm³/mol. The minimum atomic E-state index is -1.31. The summed E-state index contributed by atoms with van der Waals surface area (Å²) in [6, 6.07) is 9.46. The molecule has 0 radical (unpaired) electrons. The molecule has 7 heteroatoms. The van der Waals surface area contributed by atoms with Gasteiger partial charge in [0.15, 0.2) is 5.16 Å². The van der Waals surface area contributed by atoms with Crippen LogP contribution in [0.1, 0.15) is 11.1 Å². The molecule has 0 fully saturated rings. The van der Waals surface area contributed by atoms with E-state index in [0.717, 1.165) is 39.3 Å².